The Kier molecular flexibility index (Phi) is 5.41. The van der Waals surface area contributed by atoms with Crippen LogP contribution in [0.5, 0.6) is 11.5 Å². The molecule has 1 aromatic heterocycles. The number of benzene rings is 1. The van der Waals surface area contributed by atoms with Crippen LogP contribution in [-0.4, -0.2) is 36.4 Å². The second-order valence-electron chi connectivity index (χ2n) is 6.19. The molecule has 2 aromatic rings. The molecule has 0 radical (unpaired) electrons. The highest BCUT2D eigenvalue weighted by Gasteiger charge is 2.30. The summed E-state index contributed by atoms with van der Waals surface area (Å²) < 4.78 is 16.8. The van der Waals surface area contributed by atoms with Crippen molar-refractivity contribution >= 4 is 0 Å². The molecule has 1 aliphatic rings. The van der Waals surface area contributed by atoms with Crippen molar-refractivity contribution in [3.05, 3.63) is 41.3 Å². The summed E-state index contributed by atoms with van der Waals surface area (Å²) in [6.07, 6.45) is 2.36. The average molecular weight is 330 g/mol. The molecule has 0 amide bonds. The Morgan fingerprint density at radius 1 is 1.25 bits per heavy atom. The number of hydrogen-bond acceptors (Lipinski definition) is 5. The van der Waals surface area contributed by atoms with Gasteiger partial charge in [-0.15, -0.1) is 0 Å². The van der Waals surface area contributed by atoms with Crippen LogP contribution in [0.1, 0.15) is 42.8 Å². The molecule has 0 aliphatic carbocycles. The Labute approximate surface area is 143 Å². The van der Waals surface area contributed by atoms with Gasteiger partial charge in [-0.05, 0) is 52.3 Å². The molecule has 5 heteroatoms. The standard InChI is InChI=1S/C19H26N2O3/c1-4-22-16-7-5-8-17(13-16)23-12-11-21-10-6-9-18(21)19-14(2)20-24-15(19)3/h5,7-8,13,18H,4,6,9-12H2,1-3H3/t18-/m1/s1. The predicted molar refractivity (Wildman–Crippen MR) is 92.6 cm³/mol. The van der Waals surface area contributed by atoms with Gasteiger partial charge in [-0.3, -0.25) is 4.90 Å². The van der Waals surface area contributed by atoms with E-state index in [0.29, 0.717) is 19.3 Å². The van der Waals surface area contributed by atoms with Crippen LogP contribution in [0.2, 0.25) is 0 Å². The molecule has 3 rings (SSSR count). The van der Waals surface area contributed by atoms with Gasteiger partial charge in [0.25, 0.3) is 0 Å². The van der Waals surface area contributed by atoms with Crippen LogP contribution in [0, 0.1) is 13.8 Å². The number of aromatic nitrogens is 1. The Morgan fingerprint density at radius 2 is 2.04 bits per heavy atom. The van der Waals surface area contributed by atoms with Crippen LogP contribution in [0.3, 0.4) is 0 Å². The topological polar surface area (TPSA) is 47.7 Å². The average Bonchev–Trinajstić information content (AvgIpc) is 3.14. The lowest BCUT2D eigenvalue weighted by molar-refractivity contribution is 0.196. The fraction of sp³-hybridized carbons (Fsp3) is 0.526. The molecule has 130 valence electrons. The van der Waals surface area contributed by atoms with Crippen LogP contribution >= 0.6 is 0 Å². The highest BCUT2D eigenvalue weighted by atomic mass is 16.5. The Hall–Kier alpha value is -2.01. The zero-order chi connectivity index (χ0) is 16.9. The largest absolute Gasteiger partial charge is 0.494 e. The van der Waals surface area contributed by atoms with Crippen LogP contribution in [0.4, 0.5) is 0 Å². The molecule has 1 fully saturated rings. The summed E-state index contributed by atoms with van der Waals surface area (Å²) >= 11 is 0. The highest BCUT2D eigenvalue weighted by molar-refractivity contribution is 5.33. The maximum Gasteiger partial charge on any atom is 0.138 e. The van der Waals surface area contributed by atoms with Crippen molar-refractivity contribution in [2.24, 2.45) is 0 Å². The second-order valence-corrected chi connectivity index (χ2v) is 6.19. The Morgan fingerprint density at radius 3 is 2.75 bits per heavy atom. The fourth-order valence-electron chi connectivity index (χ4n) is 3.49. The van der Waals surface area contributed by atoms with Gasteiger partial charge in [-0.25, -0.2) is 0 Å². The van der Waals surface area contributed by atoms with Crippen molar-refractivity contribution in [2.45, 2.75) is 39.7 Å². The lowest BCUT2D eigenvalue weighted by Gasteiger charge is -2.24. The molecule has 0 spiro atoms. The van der Waals surface area contributed by atoms with E-state index in [0.717, 1.165) is 42.5 Å². The summed E-state index contributed by atoms with van der Waals surface area (Å²) in [4.78, 5) is 2.47. The van der Waals surface area contributed by atoms with Gasteiger partial charge < -0.3 is 14.0 Å². The normalized spacial score (nSPS) is 18.0. The summed E-state index contributed by atoms with van der Waals surface area (Å²) in [5, 5.41) is 4.10. The first-order valence-corrected chi connectivity index (χ1v) is 8.71. The fourth-order valence-corrected chi connectivity index (χ4v) is 3.49. The molecule has 1 saturated heterocycles. The van der Waals surface area contributed by atoms with Gasteiger partial charge >= 0.3 is 0 Å². The third-order valence-corrected chi connectivity index (χ3v) is 4.55. The summed E-state index contributed by atoms with van der Waals surface area (Å²) in [6, 6.07) is 8.22. The molecule has 1 aliphatic heterocycles. The molecule has 1 atom stereocenters. The van der Waals surface area contributed by atoms with E-state index in [1.165, 1.54) is 12.0 Å². The molecule has 0 unspecified atom stereocenters. The lowest BCUT2D eigenvalue weighted by atomic mass is 10.0. The number of ether oxygens (including phenoxy) is 2. The maximum atomic E-state index is 5.92. The van der Waals surface area contributed by atoms with Gasteiger partial charge in [0.05, 0.1) is 12.3 Å². The molecule has 0 saturated carbocycles. The van der Waals surface area contributed by atoms with Gasteiger partial charge in [0.2, 0.25) is 0 Å². The van der Waals surface area contributed by atoms with E-state index >= 15 is 0 Å². The third kappa shape index (κ3) is 3.73. The summed E-state index contributed by atoms with van der Waals surface area (Å²) in [5.41, 5.74) is 2.26. The zero-order valence-electron chi connectivity index (χ0n) is 14.7. The van der Waals surface area contributed by atoms with Gasteiger partial charge in [-0.2, -0.15) is 0 Å². The van der Waals surface area contributed by atoms with E-state index in [4.69, 9.17) is 14.0 Å². The molecular formula is C19H26N2O3. The zero-order valence-corrected chi connectivity index (χ0v) is 14.7. The van der Waals surface area contributed by atoms with Crippen LogP contribution in [-0.2, 0) is 0 Å². The Bertz CT molecular complexity index is 649. The van der Waals surface area contributed by atoms with Crippen molar-refractivity contribution in [1.29, 1.82) is 0 Å². The minimum absolute atomic E-state index is 0.398. The van der Waals surface area contributed by atoms with Crippen molar-refractivity contribution in [3.63, 3.8) is 0 Å². The van der Waals surface area contributed by atoms with Gasteiger partial charge in [-0.1, -0.05) is 11.2 Å². The monoisotopic (exact) mass is 330 g/mol. The minimum atomic E-state index is 0.398. The first kappa shape index (κ1) is 16.8. The van der Waals surface area contributed by atoms with E-state index < -0.39 is 0 Å². The number of aryl methyl sites for hydroxylation is 2. The van der Waals surface area contributed by atoms with Crippen molar-refractivity contribution in [3.8, 4) is 11.5 Å². The smallest absolute Gasteiger partial charge is 0.138 e. The molecule has 24 heavy (non-hydrogen) atoms. The Balaban J connectivity index is 1.57. The third-order valence-electron chi connectivity index (χ3n) is 4.55. The summed E-state index contributed by atoms with van der Waals surface area (Å²) in [6.45, 7) is 9.33. The predicted octanol–water partition coefficient (Wildman–Crippen LogP) is 3.91. The molecule has 0 N–H and O–H groups in total. The maximum absolute atomic E-state index is 5.92. The van der Waals surface area contributed by atoms with Gasteiger partial charge in [0.15, 0.2) is 0 Å². The number of hydrogen-bond donors (Lipinski definition) is 0. The van der Waals surface area contributed by atoms with Crippen LogP contribution < -0.4 is 9.47 Å². The SMILES string of the molecule is CCOc1cccc(OCCN2CCC[C@@H]2c2c(C)noc2C)c1. The summed E-state index contributed by atoms with van der Waals surface area (Å²) in [7, 11) is 0. The molecule has 5 nitrogen and oxygen atoms in total. The minimum Gasteiger partial charge on any atom is -0.494 e. The molecule has 2 heterocycles. The molecular weight excluding hydrogens is 304 g/mol. The highest BCUT2D eigenvalue weighted by Crippen LogP contribution is 2.35. The van der Waals surface area contributed by atoms with E-state index in [-0.39, 0.29) is 0 Å². The van der Waals surface area contributed by atoms with Crippen molar-refractivity contribution < 1.29 is 14.0 Å². The van der Waals surface area contributed by atoms with E-state index in [9.17, 15) is 0 Å². The van der Waals surface area contributed by atoms with E-state index in [1.54, 1.807) is 0 Å². The van der Waals surface area contributed by atoms with E-state index in [2.05, 4.69) is 10.1 Å². The summed E-state index contributed by atoms with van der Waals surface area (Å²) in [5.74, 6) is 2.65. The quantitative estimate of drug-likeness (QED) is 0.770. The first-order valence-electron chi connectivity index (χ1n) is 8.71. The number of rotatable bonds is 7. The molecule has 1 aromatic carbocycles. The van der Waals surface area contributed by atoms with Gasteiger partial charge in [0.1, 0.15) is 23.9 Å². The van der Waals surface area contributed by atoms with E-state index in [1.807, 2.05) is 45.0 Å². The molecule has 0 bridgehead atoms. The van der Waals surface area contributed by atoms with Crippen LogP contribution in [0.15, 0.2) is 28.8 Å². The number of nitrogens with zero attached hydrogens (tertiary/aromatic N) is 2. The second kappa shape index (κ2) is 7.71. The lowest BCUT2D eigenvalue weighted by Crippen LogP contribution is -2.28. The first-order chi connectivity index (χ1) is 11.7. The van der Waals surface area contributed by atoms with Crippen molar-refractivity contribution in [2.75, 3.05) is 26.3 Å². The van der Waals surface area contributed by atoms with Gasteiger partial charge in [0, 0.05) is 24.2 Å². The van der Waals surface area contributed by atoms with Crippen molar-refractivity contribution in [1.82, 2.24) is 10.1 Å². The number of likely N-dealkylation sites (tertiary alicyclic amines) is 1. The van der Waals surface area contributed by atoms with Crippen LogP contribution in [0.25, 0.3) is 0 Å².